The number of ether oxygens (including phenoxy) is 2. The fourth-order valence-electron chi connectivity index (χ4n) is 3.71. The lowest BCUT2D eigenvalue weighted by Gasteiger charge is -2.46. The van der Waals surface area contributed by atoms with Gasteiger partial charge in [0, 0.05) is 31.7 Å². The summed E-state index contributed by atoms with van der Waals surface area (Å²) in [6.45, 7) is 4.76. The van der Waals surface area contributed by atoms with Gasteiger partial charge < -0.3 is 19.5 Å². The predicted octanol–water partition coefficient (Wildman–Crippen LogP) is 1.75. The van der Waals surface area contributed by atoms with E-state index in [1.165, 1.54) is 7.11 Å². The number of rotatable bonds is 9. The van der Waals surface area contributed by atoms with Gasteiger partial charge in [-0.15, -0.1) is 0 Å². The molecule has 1 saturated heterocycles. The third kappa shape index (κ3) is 5.79. The third-order valence-corrected chi connectivity index (χ3v) is 5.37. The molecular formula is C22H32N2O6. The molecule has 0 radical (unpaired) electrons. The van der Waals surface area contributed by atoms with Gasteiger partial charge in [-0.2, -0.15) is 0 Å². The first-order chi connectivity index (χ1) is 14.3. The Morgan fingerprint density at radius 1 is 1.20 bits per heavy atom. The van der Waals surface area contributed by atoms with Crippen LogP contribution in [0.25, 0.3) is 0 Å². The molecule has 30 heavy (non-hydrogen) atoms. The molecule has 1 aliphatic heterocycles. The maximum atomic E-state index is 13.3. The molecule has 1 unspecified atom stereocenters. The molecule has 1 atom stereocenters. The second-order valence-corrected chi connectivity index (χ2v) is 7.57. The Morgan fingerprint density at radius 2 is 1.83 bits per heavy atom. The maximum Gasteiger partial charge on any atom is 0.332 e. The van der Waals surface area contributed by atoms with E-state index in [4.69, 9.17) is 9.47 Å². The SMILES string of the molecule is CCC(=O)N(c1ccccc1)C1(C(=O)OCC(C)O)CCN(CCC(=O)OC)CC1. The van der Waals surface area contributed by atoms with Gasteiger partial charge in [0.1, 0.15) is 12.1 Å². The zero-order chi connectivity index (χ0) is 22.1. The summed E-state index contributed by atoms with van der Waals surface area (Å²) in [7, 11) is 1.36. The second-order valence-electron chi connectivity index (χ2n) is 7.57. The van der Waals surface area contributed by atoms with E-state index < -0.39 is 17.6 Å². The van der Waals surface area contributed by atoms with Crippen molar-refractivity contribution in [1.29, 1.82) is 0 Å². The van der Waals surface area contributed by atoms with Gasteiger partial charge >= 0.3 is 11.9 Å². The summed E-state index contributed by atoms with van der Waals surface area (Å²) >= 11 is 0. The minimum absolute atomic E-state index is 0.129. The summed E-state index contributed by atoms with van der Waals surface area (Å²) in [5, 5.41) is 9.57. The summed E-state index contributed by atoms with van der Waals surface area (Å²) < 4.78 is 10.1. The molecule has 0 aromatic heterocycles. The molecule has 1 fully saturated rings. The number of aliphatic hydroxyl groups is 1. The molecule has 1 heterocycles. The second kappa shape index (κ2) is 11.1. The van der Waals surface area contributed by atoms with Crippen molar-refractivity contribution >= 4 is 23.5 Å². The smallest absolute Gasteiger partial charge is 0.332 e. The zero-order valence-electron chi connectivity index (χ0n) is 18.0. The highest BCUT2D eigenvalue weighted by molar-refractivity contribution is 6.02. The Labute approximate surface area is 177 Å². The number of likely N-dealkylation sites (tertiary alicyclic amines) is 1. The first-order valence-electron chi connectivity index (χ1n) is 10.4. The Morgan fingerprint density at radius 3 is 2.37 bits per heavy atom. The molecule has 0 spiro atoms. The van der Waals surface area contributed by atoms with Crippen LogP contribution < -0.4 is 4.90 Å². The molecule has 1 aromatic rings. The molecule has 0 aliphatic carbocycles. The minimum Gasteiger partial charge on any atom is -0.469 e. The first-order valence-corrected chi connectivity index (χ1v) is 10.4. The van der Waals surface area contributed by atoms with Crippen molar-refractivity contribution in [3.63, 3.8) is 0 Å². The number of carbonyl (C=O) groups is 3. The van der Waals surface area contributed by atoms with E-state index in [0.29, 0.717) is 38.2 Å². The molecule has 0 bridgehead atoms. The number of anilines is 1. The number of hydrogen-bond acceptors (Lipinski definition) is 7. The fourth-order valence-corrected chi connectivity index (χ4v) is 3.71. The van der Waals surface area contributed by atoms with Crippen LogP contribution >= 0.6 is 0 Å². The van der Waals surface area contributed by atoms with E-state index in [0.717, 1.165) is 0 Å². The minimum atomic E-state index is -1.16. The van der Waals surface area contributed by atoms with E-state index >= 15 is 0 Å². The summed E-state index contributed by atoms with van der Waals surface area (Å²) in [5.41, 5.74) is -0.521. The van der Waals surface area contributed by atoms with E-state index in [-0.39, 0.29) is 31.3 Å². The average Bonchev–Trinajstić information content (AvgIpc) is 2.77. The van der Waals surface area contributed by atoms with E-state index in [2.05, 4.69) is 4.90 Å². The van der Waals surface area contributed by atoms with Crippen LogP contribution in [0.1, 0.15) is 39.5 Å². The Hall–Kier alpha value is -2.45. The molecule has 0 saturated carbocycles. The third-order valence-electron chi connectivity index (χ3n) is 5.37. The highest BCUT2D eigenvalue weighted by Crippen LogP contribution is 2.35. The standard InChI is InChI=1S/C22H32N2O6/c1-4-19(26)24(18-8-6-5-7-9-18)22(21(28)30-16-17(2)25)11-14-23(15-12-22)13-10-20(27)29-3/h5-9,17,25H,4,10-16H2,1-3H3. The summed E-state index contributed by atoms with van der Waals surface area (Å²) in [6, 6.07) is 9.12. The molecule has 1 aromatic carbocycles. The van der Waals surface area contributed by atoms with Crippen molar-refractivity contribution in [1.82, 2.24) is 4.90 Å². The van der Waals surface area contributed by atoms with Gasteiger partial charge in [-0.05, 0) is 31.9 Å². The van der Waals surface area contributed by atoms with Crippen LogP contribution in [0, 0.1) is 0 Å². The molecule has 1 aliphatic rings. The fraction of sp³-hybridized carbons (Fsp3) is 0.591. The lowest BCUT2D eigenvalue weighted by Crippen LogP contribution is -2.63. The van der Waals surface area contributed by atoms with Crippen LogP contribution in [0.2, 0.25) is 0 Å². The highest BCUT2D eigenvalue weighted by Gasteiger charge is 2.50. The Kier molecular flexibility index (Phi) is 8.80. The average molecular weight is 421 g/mol. The van der Waals surface area contributed by atoms with Crippen molar-refractivity contribution < 1.29 is 29.0 Å². The molecule has 2 rings (SSSR count). The van der Waals surface area contributed by atoms with Crippen LogP contribution in [0.4, 0.5) is 5.69 Å². The molecule has 1 N–H and O–H groups in total. The van der Waals surface area contributed by atoms with Crippen molar-refractivity contribution in [2.45, 2.75) is 51.2 Å². The number of aliphatic hydroxyl groups excluding tert-OH is 1. The van der Waals surface area contributed by atoms with Crippen molar-refractivity contribution in [2.75, 3.05) is 38.3 Å². The lowest BCUT2D eigenvalue weighted by molar-refractivity contribution is -0.156. The maximum absolute atomic E-state index is 13.3. The van der Waals surface area contributed by atoms with Gasteiger partial charge in [0.25, 0.3) is 0 Å². The number of benzene rings is 1. The number of hydrogen-bond donors (Lipinski definition) is 1. The summed E-state index contributed by atoms with van der Waals surface area (Å²) in [6.07, 6.45) is 0.456. The zero-order valence-corrected chi connectivity index (χ0v) is 18.0. The van der Waals surface area contributed by atoms with E-state index in [1.807, 2.05) is 18.2 Å². The molecule has 166 valence electrons. The first kappa shape index (κ1) is 23.8. The molecule has 1 amide bonds. The Bertz CT molecular complexity index is 714. The van der Waals surface area contributed by atoms with Crippen LogP contribution in [0.5, 0.6) is 0 Å². The number of para-hydroxylation sites is 1. The van der Waals surface area contributed by atoms with Crippen molar-refractivity contribution in [2.24, 2.45) is 0 Å². The van der Waals surface area contributed by atoms with Crippen LogP contribution in [-0.2, 0) is 23.9 Å². The largest absolute Gasteiger partial charge is 0.469 e. The number of amides is 1. The van der Waals surface area contributed by atoms with Gasteiger partial charge in [-0.25, -0.2) is 4.79 Å². The quantitative estimate of drug-likeness (QED) is 0.608. The molecular weight excluding hydrogens is 388 g/mol. The van der Waals surface area contributed by atoms with Crippen LogP contribution in [-0.4, -0.2) is 72.8 Å². The van der Waals surface area contributed by atoms with Gasteiger partial charge in [0.2, 0.25) is 5.91 Å². The van der Waals surface area contributed by atoms with Gasteiger partial charge in [0.15, 0.2) is 0 Å². The van der Waals surface area contributed by atoms with Crippen molar-refractivity contribution in [3.05, 3.63) is 30.3 Å². The van der Waals surface area contributed by atoms with E-state index in [9.17, 15) is 19.5 Å². The monoisotopic (exact) mass is 420 g/mol. The highest BCUT2D eigenvalue weighted by atomic mass is 16.5. The van der Waals surface area contributed by atoms with Gasteiger partial charge in [-0.3, -0.25) is 14.5 Å². The Balaban J connectivity index is 2.31. The van der Waals surface area contributed by atoms with Gasteiger partial charge in [0.05, 0.1) is 19.6 Å². The van der Waals surface area contributed by atoms with Crippen LogP contribution in [0.15, 0.2) is 30.3 Å². The number of piperidine rings is 1. The number of methoxy groups -OCH3 is 1. The molecule has 8 heteroatoms. The lowest BCUT2D eigenvalue weighted by atomic mass is 9.84. The normalized spacial score (nSPS) is 17.1. The van der Waals surface area contributed by atoms with E-state index in [1.54, 1.807) is 30.9 Å². The van der Waals surface area contributed by atoms with Gasteiger partial charge in [-0.1, -0.05) is 25.1 Å². The number of esters is 2. The number of nitrogens with zero attached hydrogens (tertiary/aromatic N) is 2. The summed E-state index contributed by atoms with van der Waals surface area (Å²) in [5.74, 6) is -0.963. The topological polar surface area (TPSA) is 96.4 Å². The predicted molar refractivity (Wildman–Crippen MR) is 112 cm³/mol. The molecule has 8 nitrogen and oxygen atoms in total. The van der Waals surface area contributed by atoms with Crippen molar-refractivity contribution in [3.8, 4) is 0 Å². The number of carbonyl (C=O) groups excluding carboxylic acids is 3. The summed E-state index contributed by atoms with van der Waals surface area (Å²) in [4.78, 5) is 41.4. The van der Waals surface area contributed by atoms with Crippen LogP contribution in [0.3, 0.4) is 0 Å².